The van der Waals surface area contributed by atoms with E-state index in [-0.39, 0.29) is 58.4 Å². The molecule has 16 heteroatoms. The number of carbonyl (C=O) groups excluding carboxylic acids is 2. The van der Waals surface area contributed by atoms with Crippen LogP contribution in [-0.2, 0) is 27.9 Å². The topological polar surface area (TPSA) is 210 Å². The smallest absolute Gasteiger partial charge is 0.416 e. The molecule has 5 aromatic rings. The third kappa shape index (κ3) is 8.67. The highest BCUT2D eigenvalue weighted by atomic mass is 19.4. The number of aliphatic hydroxyl groups excluding tert-OH is 1. The molecule has 1 fully saturated rings. The van der Waals surface area contributed by atoms with Gasteiger partial charge in [-0.1, -0.05) is 54.6 Å². The number of aliphatic carboxylic acids is 1. The Balaban J connectivity index is 0.988. The minimum Gasteiger partial charge on any atom is -0.506 e. The second kappa shape index (κ2) is 16.2. The number of phenolic OH excluding ortho intramolecular Hbond substituents is 1. The van der Waals surface area contributed by atoms with Crippen LogP contribution in [0.15, 0.2) is 102 Å². The number of benzene rings is 4. The number of pyridine rings is 1. The van der Waals surface area contributed by atoms with Crippen LogP contribution in [0, 0.1) is 0 Å². The minimum atomic E-state index is -4.79. The third-order valence-corrected chi connectivity index (χ3v) is 9.56. The molecule has 6 rings (SSSR count). The fraction of sp³-hybridized carbons (Fsp3) is 0.250. The molecule has 13 nitrogen and oxygen atoms in total. The summed E-state index contributed by atoms with van der Waals surface area (Å²) < 4.78 is 47.8. The Morgan fingerprint density at radius 1 is 0.875 bits per heavy atom. The van der Waals surface area contributed by atoms with Crippen LogP contribution < -0.4 is 26.2 Å². The Morgan fingerprint density at radius 2 is 1.59 bits per heavy atom. The van der Waals surface area contributed by atoms with Crippen molar-refractivity contribution in [3.8, 4) is 11.5 Å². The zero-order valence-corrected chi connectivity index (χ0v) is 29.5. The first-order chi connectivity index (χ1) is 26.6. The average Bonchev–Trinajstić information content (AvgIpc) is 3.16. The largest absolute Gasteiger partial charge is 0.506 e. The lowest BCUT2D eigenvalue weighted by atomic mass is 9.86. The number of amides is 2. The maximum Gasteiger partial charge on any atom is 0.416 e. The van der Waals surface area contributed by atoms with Crippen molar-refractivity contribution in [3.63, 3.8) is 0 Å². The normalized spacial score (nSPS) is 16.9. The number of phenols is 1. The number of aromatic amines is 1. The lowest BCUT2D eigenvalue weighted by Crippen LogP contribution is -2.54. The van der Waals surface area contributed by atoms with Crippen molar-refractivity contribution < 1.29 is 52.7 Å². The van der Waals surface area contributed by atoms with E-state index >= 15 is 0 Å². The van der Waals surface area contributed by atoms with Crippen molar-refractivity contribution in [2.75, 3.05) is 13.2 Å². The van der Waals surface area contributed by atoms with E-state index in [9.17, 15) is 52.8 Å². The maximum absolute atomic E-state index is 14.1. The van der Waals surface area contributed by atoms with Crippen molar-refractivity contribution in [2.45, 2.75) is 49.4 Å². The number of alkyl halides is 3. The molecule has 56 heavy (non-hydrogen) atoms. The first-order valence-electron chi connectivity index (χ1n) is 17.4. The molecule has 1 aromatic heterocycles. The van der Waals surface area contributed by atoms with E-state index in [0.29, 0.717) is 23.8 Å². The molecule has 2 atom stereocenters. The molecular weight excluding hydrogens is 737 g/mol. The van der Waals surface area contributed by atoms with Crippen LogP contribution in [0.2, 0.25) is 0 Å². The lowest BCUT2D eigenvalue weighted by molar-refractivity contribution is -0.155. The number of H-pyrrole nitrogens is 1. The number of nitrogens with one attached hydrogen (secondary N) is 4. The van der Waals surface area contributed by atoms with E-state index in [4.69, 9.17) is 4.74 Å². The number of rotatable bonds is 14. The summed E-state index contributed by atoms with van der Waals surface area (Å²) in [7, 11) is 0. The highest BCUT2D eigenvalue weighted by molar-refractivity contribution is 5.95. The molecule has 292 valence electrons. The number of aromatic nitrogens is 1. The Hall–Kier alpha value is -6.23. The number of hydrogen-bond acceptors (Lipinski definition) is 9. The van der Waals surface area contributed by atoms with Gasteiger partial charge >= 0.3 is 12.1 Å². The van der Waals surface area contributed by atoms with Crippen molar-refractivity contribution in [1.29, 1.82) is 0 Å². The summed E-state index contributed by atoms with van der Waals surface area (Å²) in [6, 6.07) is 21.4. The zero-order chi connectivity index (χ0) is 40.2. The van der Waals surface area contributed by atoms with E-state index in [1.807, 2.05) is 0 Å². The summed E-state index contributed by atoms with van der Waals surface area (Å²) >= 11 is 0. The number of ether oxygens (including phenoxy) is 1. The minimum absolute atomic E-state index is 0.0252. The first-order valence-corrected chi connectivity index (χ1v) is 17.4. The number of aliphatic hydroxyl groups is 2. The van der Waals surface area contributed by atoms with E-state index in [0.717, 1.165) is 6.07 Å². The molecule has 1 saturated carbocycles. The molecule has 0 saturated heterocycles. The second-order valence-corrected chi connectivity index (χ2v) is 13.4. The van der Waals surface area contributed by atoms with Crippen LogP contribution in [0.5, 0.6) is 11.5 Å². The van der Waals surface area contributed by atoms with Gasteiger partial charge in [-0.15, -0.1) is 0 Å². The molecule has 4 aromatic carbocycles. The molecule has 2 amide bonds. The van der Waals surface area contributed by atoms with Gasteiger partial charge in [-0.2, -0.15) is 13.2 Å². The molecule has 1 heterocycles. The fourth-order valence-corrected chi connectivity index (χ4v) is 6.58. The summed E-state index contributed by atoms with van der Waals surface area (Å²) in [5.74, 6) is -2.77. The second-order valence-electron chi connectivity index (χ2n) is 13.4. The SMILES string of the molecule is O=C(COc1cccc([C@](O)(C(=O)O)c2ccccc2)c1)N[C@H]1C[C@H](NC(=O)c2ccc(CNC[C@H](O)c3ccc(O)c4[nH]c(=O)ccc34)c(C(F)(F)F)c2)C1. The number of aromatic hydroxyl groups is 1. The van der Waals surface area contributed by atoms with Gasteiger partial charge in [-0.25, -0.2) is 4.79 Å². The Bertz CT molecular complexity index is 2310. The van der Waals surface area contributed by atoms with E-state index in [2.05, 4.69) is 20.9 Å². The number of hydrogen-bond donors (Lipinski definition) is 8. The van der Waals surface area contributed by atoms with Crippen molar-refractivity contribution in [2.24, 2.45) is 0 Å². The summed E-state index contributed by atoms with van der Waals surface area (Å²) in [6.45, 7) is -0.884. The predicted molar refractivity (Wildman–Crippen MR) is 196 cm³/mol. The Labute approximate surface area is 316 Å². The number of carboxylic acid groups (broad SMARTS) is 1. The van der Waals surface area contributed by atoms with Gasteiger partial charge in [0.15, 0.2) is 6.61 Å². The molecule has 0 radical (unpaired) electrons. The summed E-state index contributed by atoms with van der Waals surface area (Å²) in [5.41, 5.74) is -3.59. The summed E-state index contributed by atoms with van der Waals surface area (Å²) in [4.78, 5) is 51.8. The molecule has 1 aliphatic carbocycles. The van der Waals surface area contributed by atoms with Crippen LogP contribution >= 0.6 is 0 Å². The van der Waals surface area contributed by atoms with Gasteiger partial charge in [0.05, 0.1) is 17.2 Å². The van der Waals surface area contributed by atoms with E-state index in [1.165, 1.54) is 72.8 Å². The number of fused-ring (bicyclic) bond motifs is 1. The highest BCUT2D eigenvalue weighted by Crippen LogP contribution is 2.34. The quantitative estimate of drug-likeness (QED) is 0.0817. The molecule has 0 unspecified atom stereocenters. The van der Waals surface area contributed by atoms with E-state index < -0.39 is 59.4 Å². The molecule has 1 aliphatic rings. The Kier molecular flexibility index (Phi) is 11.4. The van der Waals surface area contributed by atoms with Gasteiger partial charge in [-0.05, 0) is 65.9 Å². The summed E-state index contributed by atoms with van der Waals surface area (Å²) in [6.07, 6.45) is -5.35. The van der Waals surface area contributed by atoms with E-state index in [1.54, 1.807) is 18.2 Å². The molecule has 0 spiro atoms. The summed E-state index contributed by atoms with van der Waals surface area (Å²) in [5, 5.41) is 50.4. The zero-order valence-electron chi connectivity index (χ0n) is 29.5. The molecule has 0 bridgehead atoms. The van der Waals surface area contributed by atoms with Gasteiger partial charge < -0.3 is 46.1 Å². The van der Waals surface area contributed by atoms with Crippen LogP contribution in [0.25, 0.3) is 10.9 Å². The van der Waals surface area contributed by atoms with Gasteiger partial charge in [0.25, 0.3) is 11.8 Å². The molecule has 8 N–H and O–H groups in total. The monoisotopic (exact) mass is 774 g/mol. The third-order valence-electron chi connectivity index (χ3n) is 9.56. The average molecular weight is 775 g/mol. The van der Waals surface area contributed by atoms with Gasteiger partial charge in [0, 0.05) is 47.8 Å². The lowest BCUT2D eigenvalue weighted by Gasteiger charge is -2.36. The van der Waals surface area contributed by atoms with Gasteiger partial charge in [0.1, 0.15) is 11.5 Å². The van der Waals surface area contributed by atoms with Gasteiger partial charge in [-0.3, -0.25) is 14.4 Å². The molecular formula is C40H37F3N4O9. The van der Waals surface area contributed by atoms with Crippen molar-refractivity contribution in [3.05, 3.63) is 141 Å². The number of carbonyl (C=O) groups is 3. The van der Waals surface area contributed by atoms with Crippen molar-refractivity contribution in [1.82, 2.24) is 20.9 Å². The Morgan fingerprint density at radius 3 is 2.30 bits per heavy atom. The first kappa shape index (κ1) is 39.5. The van der Waals surface area contributed by atoms with Crippen LogP contribution in [0.3, 0.4) is 0 Å². The highest BCUT2D eigenvalue weighted by Gasteiger charge is 2.40. The fourth-order valence-electron chi connectivity index (χ4n) is 6.58. The van der Waals surface area contributed by atoms with Crippen molar-refractivity contribution >= 4 is 28.7 Å². The maximum atomic E-state index is 14.1. The van der Waals surface area contributed by atoms with Crippen LogP contribution in [0.4, 0.5) is 13.2 Å². The standard InChI is InChI=1S/C40H37F3N4O9/c41-40(42,43)31-15-22(9-10-23(31)19-44-20-33(49)29-11-13-32(48)36-30(29)12-14-34(50)47-36)37(52)46-27-17-26(18-27)45-35(51)21-56-28-8-4-7-25(16-28)39(55,38(53)54)24-5-2-1-3-6-24/h1-16,26-27,33,44,48-49,55H,17-21H2,(H,45,51)(H,46,52)(H,47,50)(H,53,54)/t26-,27-,33-,39-/m0/s1. The number of carboxylic acids is 1. The molecule has 0 aliphatic heterocycles. The number of halogens is 3. The predicted octanol–water partition coefficient (Wildman–Crippen LogP) is 3.85. The van der Waals surface area contributed by atoms with Crippen LogP contribution in [0.1, 0.15) is 57.1 Å². The van der Waals surface area contributed by atoms with Gasteiger partial charge in [0.2, 0.25) is 11.2 Å². The van der Waals surface area contributed by atoms with Crippen LogP contribution in [-0.4, -0.2) is 68.4 Å².